The molecular formula is C17H27ClN2O. The maximum Gasteiger partial charge on any atom is 0.0557 e. The van der Waals surface area contributed by atoms with Gasteiger partial charge >= 0.3 is 0 Å². The number of nitrogens with zero attached hydrogens (tertiary/aromatic N) is 1. The Morgan fingerprint density at radius 2 is 2.14 bits per heavy atom. The molecule has 1 aliphatic rings. The summed E-state index contributed by atoms with van der Waals surface area (Å²) in [5.41, 5.74) is 2.38. The first-order valence-corrected chi connectivity index (χ1v) is 8.28. The van der Waals surface area contributed by atoms with E-state index in [-0.39, 0.29) is 6.10 Å². The van der Waals surface area contributed by atoms with E-state index < -0.39 is 0 Å². The third-order valence-corrected chi connectivity index (χ3v) is 4.55. The lowest BCUT2D eigenvalue weighted by Crippen LogP contribution is -2.26. The molecule has 1 aromatic rings. The second-order valence-electron chi connectivity index (χ2n) is 6.50. The summed E-state index contributed by atoms with van der Waals surface area (Å²) in [5, 5.41) is 14.1. The standard InChI is InChI=1S/C17H27ClN2O/c1-12(2)9-19-10-15-16(18)5-4-6-17(15)20-8-7-14(11-20)13(3)21/h4-6,12-14,19,21H,7-11H2,1-3H3. The van der Waals surface area contributed by atoms with Crippen molar-refractivity contribution in [1.82, 2.24) is 5.32 Å². The van der Waals surface area contributed by atoms with Crippen molar-refractivity contribution in [2.75, 3.05) is 24.5 Å². The summed E-state index contributed by atoms with van der Waals surface area (Å²) in [7, 11) is 0. The summed E-state index contributed by atoms with van der Waals surface area (Å²) >= 11 is 6.41. The van der Waals surface area contributed by atoms with E-state index in [2.05, 4.69) is 30.1 Å². The summed E-state index contributed by atoms with van der Waals surface area (Å²) in [6, 6.07) is 6.11. The molecule has 21 heavy (non-hydrogen) atoms. The number of rotatable bonds is 6. The maximum absolute atomic E-state index is 9.78. The molecule has 1 fully saturated rings. The highest BCUT2D eigenvalue weighted by atomic mass is 35.5. The van der Waals surface area contributed by atoms with Gasteiger partial charge in [-0.1, -0.05) is 31.5 Å². The monoisotopic (exact) mass is 310 g/mol. The highest BCUT2D eigenvalue weighted by molar-refractivity contribution is 6.31. The molecule has 118 valence electrons. The Morgan fingerprint density at radius 3 is 2.76 bits per heavy atom. The van der Waals surface area contributed by atoms with E-state index in [4.69, 9.17) is 11.6 Å². The Hall–Kier alpha value is -0.770. The van der Waals surface area contributed by atoms with E-state index in [9.17, 15) is 5.11 Å². The Balaban J connectivity index is 2.10. The van der Waals surface area contributed by atoms with Crippen LogP contribution >= 0.6 is 11.6 Å². The van der Waals surface area contributed by atoms with Crippen molar-refractivity contribution in [3.63, 3.8) is 0 Å². The van der Waals surface area contributed by atoms with Gasteiger partial charge in [0.2, 0.25) is 0 Å². The highest BCUT2D eigenvalue weighted by Crippen LogP contribution is 2.32. The summed E-state index contributed by atoms with van der Waals surface area (Å²) in [6.45, 7) is 9.98. The quantitative estimate of drug-likeness (QED) is 0.846. The fraction of sp³-hybridized carbons (Fsp3) is 0.647. The largest absolute Gasteiger partial charge is 0.393 e. The van der Waals surface area contributed by atoms with Crippen LogP contribution in [0, 0.1) is 11.8 Å². The zero-order valence-electron chi connectivity index (χ0n) is 13.3. The van der Waals surface area contributed by atoms with Crippen molar-refractivity contribution in [2.24, 2.45) is 11.8 Å². The molecule has 0 aromatic heterocycles. The maximum atomic E-state index is 9.78. The predicted octanol–water partition coefficient (Wildman–Crippen LogP) is 3.29. The minimum atomic E-state index is -0.239. The number of anilines is 1. The molecule has 0 saturated carbocycles. The summed E-state index contributed by atoms with van der Waals surface area (Å²) < 4.78 is 0. The molecule has 0 spiro atoms. The van der Waals surface area contributed by atoms with E-state index in [1.54, 1.807) is 0 Å². The smallest absolute Gasteiger partial charge is 0.0557 e. The molecule has 0 bridgehead atoms. The minimum Gasteiger partial charge on any atom is -0.393 e. The van der Waals surface area contributed by atoms with E-state index >= 15 is 0 Å². The lowest BCUT2D eigenvalue weighted by Gasteiger charge is -2.24. The van der Waals surface area contributed by atoms with E-state index in [0.717, 1.165) is 37.6 Å². The van der Waals surface area contributed by atoms with Gasteiger partial charge in [-0.15, -0.1) is 0 Å². The zero-order valence-corrected chi connectivity index (χ0v) is 14.0. The second-order valence-corrected chi connectivity index (χ2v) is 6.90. The van der Waals surface area contributed by atoms with E-state index in [0.29, 0.717) is 11.8 Å². The van der Waals surface area contributed by atoms with Gasteiger partial charge in [-0.25, -0.2) is 0 Å². The van der Waals surface area contributed by atoms with E-state index in [1.807, 2.05) is 19.1 Å². The number of hydrogen-bond donors (Lipinski definition) is 2. The van der Waals surface area contributed by atoms with Crippen molar-refractivity contribution >= 4 is 17.3 Å². The molecule has 2 unspecified atom stereocenters. The third kappa shape index (κ3) is 4.35. The molecule has 0 radical (unpaired) electrons. The van der Waals surface area contributed by atoms with Crippen LogP contribution in [0.3, 0.4) is 0 Å². The Bertz CT molecular complexity index is 462. The van der Waals surface area contributed by atoms with Crippen molar-refractivity contribution in [1.29, 1.82) is 0 Å². The summed E-state index contributed by atoms with van der Waals surface area (Å²) in [4.78, 5) is 2.36. The predicted molar refractivity (Wildman–Crippen MR) is 90.0 cm³/mol. The lowest BCUT2D eigenvalue weighted by molar-refractivity contribution is 0.136. The molecule has 1 saturated heterocycles. The van der Waals surface area contributed by atoms with Crippen molar-refractivity contribution in [2.45, 2.75) is 39.8 Å². The average molecular weight is 311 g/mol. The minimum absolute atomic E-state index is 0.239. The first kappa shape index (κ1) is 16.6. The average Bonchev–Trinajstić information content (AvgIpc) is 2.90. The SMILES string of the molecule is CC(C)CNCc1c(Cl)cccc1N1CCC(C(C)O)C1. The van der Waals surface area contributed by atoms with Crippen LogP contribution in [0.4, 0.5) is 5.69 Å². The van der Waals surface area contributed by atoms with Gasteiger partial charge in [-0.3, -0.25) is 0 Å². The summed E-state index contributed by atoms with van der Waals surface area (Å²) in [5.74, 6) is 0.989. The molecule has 3 nitrogen and oxygen atoms in total. The van der Waals surface area contributed by atoms with Crippen molar-refractivity contribution in [3.05, 3.63) is 28.8 Å². The number of hydrogen-bond acceptors (Lipinski definition) is 3. The lowest BCUT2D eigenvalue weighted by atomic mass is 10.0. The molecule has 2 N–H and O–H groups in total. The van der Waals surface area contributed by atoms with E-state index in [1.165, 1.54) is 11.3 Å². The van der Waals surface area contributed by atoms with Crippen LogP contribution in [-0.4, -0.2) is 30.8 Å². The van der Waals surface area contributed by atoms with Crippen molar-refractivity contribution < 1.29 is 5.11 Å². The number of nitrogens with one attached hydrogen (secondary N) is 1. The van der Waals surface area contributed by atoms with Crippen LogP contribution in [0.25, 0.3) is 0 Å². The van der Waals surface area contributed by atoms with Gasteiger partial charge in [0, 0.05) is 41.8 Å². The van der Waals surface area contributed by atoms with Crippen LogP contribution in [0.15, 0.2) is 18.2 Å². The topological polar surface area (TPSA) is 35.5 Å². The highest BCUT2D eigenvalue weighted by Gasteiger charge is 2.27. The molecule has 1 heterocycles. The van der Waals surface area contributed by atoms with Gasteiger partial charge in [0.25, 0.3) is 0 Å². The molecule has 2 rings (SSSR count). The number of aliphatic hydroxyl groups is 1. The first-order valence-electron chi connectivity index (χ1n) is 7.90. The van der Waals surface area contributed by atoms with Crippen LogP contribution in [0.5, 0.6) is 0 Å². The molecule has 1 aliphatic heterocycles. The van der Waals surface area contributed by atoms with Gasteiger partial charge < -0.3 is 15.3 Å². The van der Waals surface area contributed by atoms with Crippen LogP contribution in [-0.2, 0) is 6.54 Å². The number of benzene rings is 1. The Labute approximate surface area is 133 Å². The van der Waals surface area contributed by atoms with Gasteiger partial charge in [0.1, 0.15) is 0 Å². The molecule has 0 aliphatic carbocycles. The molecule has 2 atom stereocenters. The molecule has 0 amide bonds. The van der Waals surface area contributed by atoms with Gasteiger partial charge in [0.15, 0.2) is 0 Å². The first-order chi connectivity index (χ1) is 9.99. The summed E-state index contributed by atoms with van der Waals surface area (Å²) in [6.07, 6.45) is 0.806. The Kier molecular flexibility index (Phi) is 5.91. The van der Waals surface area contributed by atoms with Gasteiger partial charge in [-0.05, 0) is 37.9 Å². The van der Waals surface area contributed by atoms with Gasteiger partial charge in [-0.2, -0.15) is 0 Å². The van der Waals surface area contributed by atoms with Crippen molar-refractivity contribution in [3.8, 4) is 0 Å². The third-order valence-electron chi connectivity index (χ3n) is 4.20. The van der Waals surface area contributed by atoms with Gasteiger partial charge in [0.05, 0.1) is 6.10 Å². The molecule has 1 aromatic carbocycles. The van der Waals surface area contributed by atoms with Crippen LogP contribution in [0.2, 0.25) is 5.02 Å². The molecule has 4 heteroatoms. The number of aliphatic hydroxyl groups excluding tert-OH is 1. The fourth-order valence-corrected chi connectivity index (χ4v) is 3.14. The normalized spacial score (nSPS) is 20.3. The Morgan fingerprint density at radius 1 is 1.38 bits per heavy atom. The van der Waals surface area contributed by atoms with Crippen LogP contribution in [0.1, 0.15) is 32.8 Å². The number of halogens is 1. The fourth-order valence-electron chi connectivity index (χ4n) is 2.90. The van der Waals surface area contributed by atoms with Crippen LogP contribution < -0.4 is 10.2 Å². The molecular weight excluding hydrogens is 284 g/mol. The zero-order chi connectivity index (χ0) is 15.4. The second kappa shape index (κ2) is 7.48.